The van der Waals surface area contributed by atoms with Crippen molar-refractivity contribution in [2.24, 2.45) is 0 Å². The Morgan fingerprint density at radius 2 is 1.62 bits per heavy atom. The molecule has 0 saturated heterocycles. The molecule has 1 aliphatic rings. The summed E-state index contributed by atoms with van der Waals surface area (Å²) in [5.74, 6) is 2.06. The Morgan fingerprint density at radius 3 is 2.32 bits per heavy atom. The molecule has 0 spiro atoms. The minimum absolute atomic E-state index is 0.220. The molecule has 1 amide bonds. The van der Waals surface area contributed by atoms with Crippen molar-refractivity contribution < 1.29 is 19.0 Å². The summed E-state index contributed by atoms with van der Waals surface area (Å²) in [4.78, 5) is 18.8. The fourth-order valence-electron chi connectivity index (χ4n) is 4.96. The molecule has 0 saturated carbocycles. The zero-order chi connectivity index (χ0) is 26.3. The van der Waals surface area contributed by atoms with Gasteiger partial charge in [0.15, 0.2) is 11.5 Å². The van der Waals surface area contributed by atoms with Crippen LogP contribution < -0.4 is 24.8 Å². The number of para-hydroxylation sites is 2. The predicted octanol–water partition coefficient (Wildman–Crippen LogP) is 5.61. The topological polar surface area (TPSA) is 86.6 Å². The van der Waals surface area contributed by atoms with Crippen LogP contribution in [0.4, 0.5) is 11.6 Å². The molecule has 0 aliphatic carbocycles. The number of fused-ring (bicyclic) bond motifs is 3. The van der Waals surface area contributed by atoms with E-state index in [1.165, 1.54) is 0 Å². The molecular weight excluding hydrogens is 468 g/mol. The molecule has 190 valence electrons. The number of imidazole rings is 1. The van der Waals surface area contributed by atoms with Crippen molar-refractivity contribution in [3.05, 3.63) is 82.6 Å². The Hall–Kier alpha value is -4.46. The number of aromatic nitrogens is 2. The Bertz CT molecular complexity index is 1550. The highest BCUT2D eigenvalue weighted by Crippen LogP contribution is 2.46. The third kappa shape index (κ3) is 4.14. The molecule has 1 atom stereocenters. The summed E-state index contributed by atoms with van der Waals surface area (Å²) in [6.45, 7) is 5.90. The summed E-state index contributed by atoms with van der Waals surface area (Å²) in [5.41, 5.74) is 6.57. The number of carbonyl (C=O) groups excluding carboxylic acids is 1. The molecule has 5 rings (SSSR count). The lowest BCUT2D eigenvalue weighted by atomic mass is 9.93. The Morgan fingerprint density at radius 1 is 0.919 bits per heavy atom. The van der Waals surface area contributed by atoms with Crippen LogP contribution in [-0.4, -0.2) is 36.8 Å². The maximum Gasteiger partial charge on any atom is 0.255 e. The third-order valence-electron chi connectivity index (χ3n) is 6.74. The average molecular weight is 499 g/mol. The van der Waals surface area contributed by atoms with E-state index in [0.29, 0.717) is 34.5 Å². The molecular formula is C29H30N4O4. The van der Waals surface area contributed by atoms with Crippen LogP contribution in [0.2, 0.25) is 0 Å². The summed E-state index contributed by atoms with van der Waals surface area (Å²) < 4.78 is 19.0. The van der Waals surface area contributed by atoms with Gasteiger partial charge in [0.2, 0.25) is 5.95 Å². The number of hydrogen-bond acceptors (Lipinski definition) is 6. The molecule has 1 aromatic heterocycles. The van der Waals surface area contributed by atoms with E-state index < -0.39 is 6.04 Å². The first-order valence-electron chi connectivity index (χ1n) is 12.0. The lowest BCUT2D eigenvalue weighted by Crippen LogP contribution is -2.31. The van der Waals surface area contributed by atoms with Crippen LogP contribution in [0.25, 0.3) is 11.0 Å². The van der Waals surface area contributed by atoms with Gasteiger partial charge in [-0.2, -0.15) is 0 Å². The van der Waals surface area contributed by atoms with Gasteiger partial charge in [-0.3, -0.25) is 9.36 Å². The molecule has 0 bridgehead atoms. The molecule has 8 nitrogen and oxygen atoms in total. The number of anilines is 2. The number of carbonyl (C=O) groups is 1. The number of aryl methyl sites for hydroxylation is 2. The number of amides is 1. The van der Waals surface area contributed by atoms with Gasteiger partial charge in [0.1, 0.15) is 5.75 Å². The molecule has 8 heteroatoms. The van der Waals surface area contributed by atoms with Gasteiger partial charge >= 0.3 is 0 Å². The first-order valence-corrected chi connectivity index (χ1v) is 12.0. The molecule has 2 N–H and O–H groups in total. The molecule has 3 aromatic carbocycles. The summed E-state index contributed by atoms with van der Waals surface area (Å²) >= 11 is 0. The van der Waals surface area contributed by atoms with Crippen molar-refractivity contribution in [1.29, 1.82) is 0 Å². The Balaban J connectivity index is 1.73. The second-order valence-corrected chi connectivity index (χ2v) is 9.08. The van der Waals surface area contributed by atoms with E-state index in [-0.39, 0.29) is 5.91 Å². The van der Waals surface area contributed by atoms with E-state index in [2.05, 4.69) is 10.6 Å². The smallest absolute Gasteiger partial charge is 0.255 e. The van der Waals surface area contributed by atoms with E-state index in [1.807, 2.05) is 73.9 Å². The predicted molar refractivity (Wildman–Crippen MR) is 145 cm³/mol. The van der Waals surface area contributed by atoms with Crippen LogP contribution >= 0.6 is 0 Å². The summed E-state index contributed by atoms with van der Waals surface area (Å²) in [6.07, 6.45) is 0. The van der Waals surface area contributed by atoms with Crippen molar-refractivity contribution >= 4 is 28.6 Å². The van der Waals surface area contributed by atoms with E-state index in [1.54, 1.807) is 27.4 Å². The molecule has 0 fully saturated rings. The molecule has 2 heterocycles. The number of benzene rings is 3. The molecule has 1 unspecified atom stereocenters. The summed E-state index contributed by atoms with van der Waals surface area (Å²) in [7, 11) is 4.77. The maximum absolute atomic E-state index is 14.0. The van der Waals surface area contributed by atoms with Crippen molar-refractivity contribution in [2.75, 3.05) is 32.0 Å². The second kappa shape index (κ2) is 9.54. The summed E-state index contributed by atoms with van der Waals surface area (Å²) in [5, 5.41) is 6.48. The highest BCUT2D eigenvalue weighted by atomic mass is 16.5. The molecule has 0 radical (unpaired) electrons. The van der Waals surface area contributed by atoms with Crippen LogP contribution in [0.15, 0.2) is 65.9 Å². The first-order chi connectivity index (χ1) is 17.9. The van der Waals surface area contributed by atoms with Gasteiger partial charge in [0.05, 0.1) is 44.0 Å². The quantitative estimate of drug-likeness (QED) is 0.360. The van der Waals surface area contributed by atoms with Crippen LogP contribution in [0.5, 0.6) is 17.2 Å². The van der Waals surface area contributed by atoms with Gasteiger partial charge in [-0.1, -0.05) is 29.8 Å². The van der Waals surface area contributed by atoms with Crippen LogP contribution in [0, 0.1) is 13.8 Å². The van der Waals surface area contributed by atoms with Crippen LogP contribution in [0.3, 0.4) is 0 Å². The third-order valence-corrected chi connectivity index (χ3v) is 6.74. The highest BCUT2D eigenvalue weighted by Gasteiger charge is 2.36. The summed E-state index contributed by atoms with van der Waals surface area (Å²) in [6, 6.07) is 16.9. The minimum Gasteiger partial charge on any atom is -0.496 e. The number of nitrogens with one attached hydrogen (secondary N) is 2. The fourth-order valence-corrected chi connectivity index (χ4v) is 4.96. The van der Waals surface area contributed by atoms with Gasteiger partial charge in [-0.05, 0) is 50.6 Å². The number of ether oxygens (including phenoxy) is 3. The second-order valence-electron chi connectivity index (χ2n) is 9.08. The molecule has 4 aromatic rings. The fraction of sp³-hybridized carbons (Fsp3) is 0.241. The van der Waals surface area contributed by atoms with Crippen molar-refractivity contribution in [2.45, 2.75) is 26.8 Å². The number of hydrogen-bond donors (Lipinski definition) is 2. The Kier molecular flexibility index (Phi) is 6.25. The zero-order valence-electron chi connectivity index (χ0n) is 21.8. The highest BCUT2D eigenvalue weighted by molar-refractivity contribution is 6.07. The van der Waals surface area contributed by atoms with Gasteiger partial charge in [0.25, 0.3) is 5.91 Å². The lowest BCUT2D eigenvalue weighted by molar-refractivity contribution is -0.113. The standard InChI is InChI=1S/C29H30N4O4/c1-16-11-12-20(17(2)13-16)31-28(34)26-18(3)30-29-32-21-9-7-8-10-22(21)33(29)27(26)19-14-24(36-5)25(37-6)15-23(19)35-4/h7-15,27H,1-6H3,(H,30,32)(H,31,34). The number of methoxy groups -OCH3 is 3. The molecule has 37 heavy (non-hydrogen) atoms. The van der Waals surface area contributed by atoms with E-state index in [0.717, 1.165) is 33.4 Å². The SMILES string of the molecule is COc1cc(OC)c(C2C(C(=O)Nc3ccc(C)cc3C)=C(C)Nc3nc4ccccc4n32)cc1OC. The number of allylic oxidation sites excluding steroid dienone is 1. The van der Waals surface area contributed by atoms with E-state index in [4.69, 9.17) is 19.2 Å². The first kappa shape index (κ1) is 24.2. The normalized spacial score (nSPS) is 14.7. The van der Waals surface area contributed by atoms with Crippen molar-refractivity contribution in [3.8, 4) is 17.2 Å². The number of nitrogens with zero attached hydrogens (tertiary/aromatic N) is 2. The van der Waals surface area contributed by atoms with Gasteiger partial charge in [0, 0.05) is 23.0 Å². The van der Waals surface area contributed by atoms with Crippen LogP contribution in [-0.2, 0) is 4.79 Å². The van der Waals surface area contributed by atoms with Crippen molar-refractivity contribution in [1.82, 2.24) is 9.55 Å². The number of rotatable bonds is 6. The minimum atomic E-state index is -0.552. The largest absolute Gasteiger partial charge is 0.496 e. The zero-order valence-corrected chi connectivity index (χ0v) is 21.8. The molecule has 1 aliphatic heterocycles. The monoisotopic (exact) mass is 498 g/mol. The maximum atomic E-state index is 14.0. The average Bonchev–Trinajstić information content (AvgIpc) is 3.26. The van der Waals surface area contributed by atoms with E-state index in [9.17, 15) is 4.79 Å². The van der Waals surface area contributed by atoms with Crippen LogP contribution in [0.1, 0.15) is 29.7 Å². The van der Waals surface area contributed by atoms with Crippen molar-refractivity contribution in [3.63, 3.8) is 0 Å². The van der Waals surface area contributed by atoms with Gasteiger partial charge in [-0.25, -0.2) is 4.98 Å². The van der Waals surface area contributed by atoms with Gasteiger partial charge in [-0.15, -0.1) is 0 Å². The van der Waals surface area contributed by atoms with Gasteiger partial charge < -0.3 is 24.8 Å². The Labute approximate surface area is 215 Å². The lowest BCUT2D eigenvalue weighted by Gasteiger charge is -2.32. The van der Waals surface area contributed by atoms with E-state index >= 15 is 0 Å².